The Bertz CT molecular complexity index is 627. The molecule has 2 rings (SSSR count). The Morgan fingerprint density at radius 1 is 1.24 bits per heavy atom. The van der Waals surface area contributed by atoms with Crippen LogP contribution in [-0.4, -0.2) is 12.1 Å². The number of hydrogen-bond acceptors (Lipinski definition) is 4. The monoisotopic (exact) mass is 308 g/mol. The molecule has 1 heterocycles. The Kier molecular flexibility index (Phi) is 4.96. The van der Waals surface area contributed by atoms with E-state index < -0.39 is 0 Å². The lowest BCUT2D eigenvalue weighted by Crippen LogP contribution is -2.23. The van der Waals surface area contributed by atoms with Gasteiger partial charge >= 0.3 is 0 Å². The van der Waals surface area contributed by atoms with E-state index in [0.717, 1.165) is 10.7 Å². The highest BCUT2D eigenvalue weighted by molar-refractivity contribution is 7.11. The molecule has 2 unspecified atom stereocenters. The standard InChI is InChI=1S/C16H21FN2OS/c1-9(14-7-6-13(20-5)8-15(14)17)18-10(2)16-11(3)19-12(4)21-16/h6-10,18H,1-5H3. The lowest BCUT2D eigenvalue weighted by Gasteiger charge is -2.20. The molecule has 0 aliphatic heterocycles. The molecular weight excluding hydrogens is 287 g/mol. The first-order chi connectivity index (χ1) is 9.92. The second kappa shape index (κ2) is 6.54. The molecule has 5 heteroatoms. The number of benzene rings is 1. The maximum Gasteiger partial charge on any atom is 0.131 e. The molecule has 3 nitrogen and oxygen atoms in total. The second-order valence-corrected chi connectivity index (χ2v) is 6.41. The molecule has 0 saturated carbocycles. The molecule has 0 fully saturated rings. The van der Waals surface area contributed by atoms with Gasteiger partial charge in [-0.3, -0.25) is 0 Å². The molecule has 2 aromatic rings. The van der Waals surface area contributed by atoms with E-state index in [9.17, 15) is 4.39 Å². The summed E-state index contributed by atoms with van der Waals surface area (Å²) in [5.41, 5.74) is 1.68. The Hall–Kier alpha value is -1.46. The fraction of sp³-hybridized carbons (Fsp3) is 0.438. The molecule has 0 saturated heterocycles. The summed E-state index contributed by atoms with van der Waals surface area (Å²) in [5, 5.41) is 4.49. The fourth-order valence-electron chi connectivity index (χ4n) is 2.48. The van der Waals surface area contributed by atoms with Crippen molar-refractivity contribution in [2.24, 2.45) is 0 Å². The average molecular weight is 308 g/mol. The van der Waals surface area contributed by atoms with Gasteiger partial charge in [0.2, 0.25) is 0 Å². The molecule has 0 bridgehead atoms. The van der Waals surface area contributed by atoms with Crippen molar-refractivity contribution in [2.75, 3.05) is 7.11 Å². The van der Waals surface area contributed by atoms with Crippen LogP contribution in [0.1, 0.15) is 47.1 Å². The highest BCUT2D eigenvalue weighted by Gasteiger charge is 2.18. The van der Waals surface area contributed by atoms with Gasteiger partial charge in [0.1, 0.15) is 11.6 Å². The van der Waals surface area contributed by atoms with E-state index >= 15 is 0 Å². The van der Waals surface area contributed by atoms with E-state index in [1.54, 1.807) is 23.5 Å². The van der Waals surface area contributed by atoms with Crippen LogP contribution in [0.25, 0.3) is 0 Å². The van der Waals surface area contributed by atoms with Gasteiger partial charge in [0.15, 0.2) is 0 Å². The first-order valence-corrected chi connectivity index (χ1v) is 7.77. The largest absolute Gasteiger partial charge is 0.497 e. The van der Waals surface area contributed by atoms with Gasteiger partial charge in [-0.2, -0.15) is 0 Å². The minimum Gasteiger partial charge on any atom is -0.497 e. The summed E-state index contributed by atoms with van der Waals surface area (Å²) in [6.07, 6.45) is 0. The molecule has 0 aliphatic carbocycles. The molecular formula is C16H21FN2OS. The third-order valence-electron chi connectivity index (χ3n) is 3.51. The summed E-state index contributed by atoms with van der Waals surface area (Å²) < 4.78 is 19.1. The molecule has 0 amide bonds. The molecule has 0 aliphatic rings. The maximum atomic E-state index is 14.1. The Labute approximate surface area is 129 Å². The predicted molar refractivity (Wildman–Crippen MR) is 84.5 cm³/mol. The summed E-state index contributed by atoms with van der Waals surface area (Å²) in [6.45, 7) is 8.05. The third-order valence-corrected chi connectivity index (χ3v) is 4.76. The molecule has 0 radical (unpaired) electrons. The molecule has 1 N–H and O–H groups in total. The molecule has 114 valence electrons. The van der Waals surface area contributed by atoms with Crippen molar-refractivity contribution in [3.63, 3.8) is 0 Å². The van der Waals surface area contributed by atoms with Crippen molar-refractivity contribution >= 4 is 11.3 Å². The topological polar surface area (TPSA) is 34.1 Å². The van der Waals surface area contributed by atoms with Gasteiger partial charge in [-0.05, 0) is 33.8 Å². The van der Waals surface area contributed by atoms with Crippen LogP contribution in [0.3, 0.4) is 0 Å². The van der Waals surface area contributed by atoms with Gasteiger partial charge < -0.3 is 10.1 Å². The third kappa shape index (κ3) is 3.60. The van der Waals surface area contributed by atoms with Crippen LogP contribution in [-0.2, 0) is 0 Å². The van der Waals surface area contributed by atoms with Crippen LogP contribution in [0, 0.1) is 19.7 Å². The number of aromatic nitrogens is 1. The minimum atomic E-state index is -0.251. The number of rotatable bonds is 5. The summed E-state index contributed by atoms with van der Waals surface area (Å²) in [7, 11) is 1.53. The molecule has 1 aromatic heterocycles. The number of nitrogens with zero attached hydrogens (tertiary/aromatic N) is 1. The SMILES string of the molecule is COc1ccc(C(C)NC(C)c2sc(C)nc2C)c(F)c1. The van der Waals surface area contributed by atoms with Gasteiger partial charge in [0.05, 0.1) is 17.8 Å². The van der Waals surface area contributed by atoms with Crippen LogP contribution in [0.15, 0.2) is 18.2 Å². The smallest absolute Gasteiger partial charge is 0.131 e. The number of methoxy groups -OCH3 is 1. The summed E-state index contributed by atoms with van der Waals surface area (Å²) in [4.78, 5) is 5.64. The zero-order valence-corrected chi connectivity index (χ0v) is 13.8. The van der Waals surface area contributed by atoms with Crippen LogP contribution in [0.2, 0.25) is 0 Å². The van der Waals surface area contributed by atoms with E-state index in [1.807, 2.05) is 20.8 Å². The number of aryl methyl sites for hydroxylation is 2. The predicted octanol–water partition coefficient (Wildman–Crippen LogP) is 4.32. The lowest BCUT2D eigenvalue weighted by molar-refractivity contribution is 0.408. The zero-order valence-electron chi connectivity index (χ0n) is 13.0. The van der Waals surface area contributed by atoms with Crippen molar-refractivity contribution < 1.29 is 9.13 Å². The molecule has 21 heavy (non-hydrogen) atoms. The van der Waals surface area contributed by atoms with Crippen molar-refractivity contribution in [2.45, 2.75) is 39.8 Å². The lowest BCUT2D eigenvalue weighted by atomic mass is 10.1. The van der Waals surface area contributed by atoms with Crippen LogP contribution in [0.5, 0.6) is 5.75 Å². The number of halogens is 1. The minimum absolute atomic E-state index is 0.0901. The second-order valence-electron chi connectivity index (χ2n) is 5.18. The first kappa shape index (κ1) is 15.9. The molecule has 2 atom stereocenters. The number of nitrogens with one attached hydrogen (secondary N) is 1. The zero-order chi connectivity index (χ0) is 15.6. The molecule has 1 aromatic carbocycles. The van der Waals surface area contributed by atoms with E-state index in [2.05, 4.69) is 17.2 Å². The van der Waals surface area contributed by atoms with Crippen molar-refractivity contribution in [3.8, 4) is 5.75 Å². The van der Waals surface area contributed by atoms with E-state index in [1.165, 1.54) is 18.1 Å². The van der Waals surface area contributed by atoms with Crippen LogP contribution < -0.4 is 10.1 Å². The van der Waals surface area contributed by atoms with Crippen LogP contribution in [0.4, 0.5) is 4.39 Å². The highest BCUT2D eigenvalue weighted by Crippen LogP contribution is 2.28. The maximum absolute atomic E-state index is 14.1. The van der Waals surface area contributed by atoms with Gasteiger partial charge in [0.25, 0.3) is 0 Å². The highest BCUT2D eigenvalue weighted by atomic mass is 32.1. The summed E-state index contributed by atoms with van der Waals surface area (Å²) in [5.74, 6) is 0.282. The number of thiazole rings is 1. The van der Waals surface area contributed by atoms with Gasteiger partial charge in [-0.25, -0.2) is 9.37 Å². The summed E-state index contributed by atoms with van der Waals surface area (Å²) in [6, 6.07) is 5.01. The quantitative estimate of drug-likeness (QED) is 0.893. The average Bonchev–Trinajstić information content (AvgIpc) is 2.77. The number of ether oxygens (including phenoxy) is 1. The first-order valence-electron chi connectivity index (χ1n) is 6.95. The Morgan fingerprint density at radius 3 is 2.48 bits per heavy atom. The fourth-order valence-corrected chi connectivity index (χ4v) is 3.41. The van der Waals surface area contributed by atoms with Gasteiger partial charge in [0, 0.05) is 28.6 Å². The van der Waals surface area contributed by atoms with Crippen molar-refractivity contribution in [1.82, 2.24) is 10.3 Å². The van der Waals surface area contributed by atoms with E-state index in [4.69, 9.17) is 4.74 Å². The number of hydrogen-bond donors (Lipinski definition) is 1. The van der Waals surface area contributed by atoms with Crippen molar-refractivity contribution in [3.05, 3.63) is 45.2 Å². The summed E-state index contributed by atoms with van der Waals surface area (Å²) >= 11 is 1.68. The van der Waals surface area contributed by atoms with Crippen molar-refractivity contribution in [1.29, 1.82) is 0 Å². The van der Waals surface area contributed by atoms with Crippen LogP contribution >= 0.6 is 11.3 Å². The normalized spacial score (nSPS) is 14.0. The molecule has 0 spiro atoms. The van der Waals surface area contributed by atoms with Gasteiger partial charge in [-0.1, -0.05) is 6.07 Å². The van der Waals surface area contributed by atoms with E-state index in [-0.39, 0.29) is 17.9 Å². The Balaban J connectivity index is 2.14. The Morgan fingerprint density at radius 2 is 1.95 bits per heavy atom. The van der Waals surface area contributed by atoms with E-state index in [0.29, 0.717) is 11.3 Å². The van der Waals surface area contributed by atoms with Gasteiger partial charge in [-0.15, -0.1) is 11.3 Å².